The van der Waals surface area contributed by atoms with Crippen molar-refractivity contribution in [1.82, 2.24) is 20.0 Å². The maximum atomic E-state index is 4.45. The summed E-state index contributed by atoms with van der Waals surface area (Å²) >= 11 is 0. The van der Waals surface area contributed by atoms with Gasteiger partial charge in [-0.1, -0.05) is 19.3 Å². The van der Waals surface area contributed by atoms with Crippen molar-refractivity contribution in [3.8, 4) is 0 Å². The van der Waals surface area contributed by atoms with E-state index in [9.17, 15) is 0 Å². The van der Waals surface area contributed by atoms with E-state index in [-0.39, 0.29) is 5.54 Å². The molecule has 1 aromatic heterocycles. The predicted octanol–water partition coefficient (Wildman–Crippen LogP) is 2.43. The SMILES string of the molecule is CCn1cc(C(NC)C2(N(C)C)CCCCC2)cn1. The lowest BCUT2D eigenvalue weighted by Crippen LogP contribution is -2.54. The minimum Gasteiger partial charge on any atom is -0.311 e. The molecule has 1 fully saturated rings. The van der Waals surface area contributed by atoms with Crippen LogP contribution in [0.25, 0.3) is 0 Å². The van der Waals surface area contributed by atoms with Crippen LogP contribution in [0.4, 0.5) is 0 Å². The molecule has 1 saturated carbocycles. The maximum Gasteiger partial charge on any atom is 0.0538 e. The molecule has 0 saturated heterocycles. The lowest BCUT2D eigenvalue weighted by molar-refractivity contribution is 0.0594. The predicted molar refractivity (Wildman–Crippen MR) is 79.2 cm³/mol. The van der Waals surface area contributed by atoms with Crippen LogP contribution < -0.4 is 5.32 Å². The summed E-state index contributed by atoms with van der Waals surface area (Å²) in [6.45, 7) is 3.07. The quantitative estimate of drug-likeness (QED) is 0.886. The van der Waals surface area contributed by atoms with Gasteiger partial charge in [0, 0.05) is 23.8 Å². The third-order valence-electron chi connectivity index (χ3n) is 4.75. The van der Waals surface area contributed by atoms with Gasteiger partial charge in [-0.25, -0.2) is 0 Å². The molecule has 0 radical (unpaired) electrons. The molecule has 0 amide bonds. The molecule has 1 heterocycles. The number of hydrogen-bond donors (Lipinski definition) is 1. The highest BCUT2D eigenvalue weighted by atomic mass is 15.3. The Morgan fingerprint density at radius 3 is 2.53 bits per heavy atom. The van der Waals surface area contributed by atoms with Crippen molar-refractivity contribution in [2.24, 2.45) is 0 Å². The summed E-state index contributed by atoms with van der Waals surface area (Å²) in [6.07, 6.45) is 10.8. The highest BCUT2D eigenvalue weighted by Crippen LogP contribution is 2.41. The number of likely N-dealkylation sites (N-methyl/N-ethyl adjacent to an activating group) is 2. The van der Waals surface area contributed by atoms with Gasteiger partial charge in [0.25, 0.3) is 0 Å². The van der Waals surface area contributed by atoms with Crippen LogP contribution in [0.15, 0.2) is 12.4 Å². The van der Waals surface area contributed by atoms with Crippen molar-refractivity contribution in [2.45, 2.75) is 57.2 Å². The molecule has 19 heavy (non-hydrogen) atoms. The molecule has 0 aromatic carbocycles. The van der Waals surface area contributed by atoms with Crippen LogP contribution in [0.1, 0.15) is 50.6 Å². The van der Waals surface area contributed by atoms with Gasteiger partial charge in [-0.2, -0.15) is 5.10 Å². The monoisotopic (exact) mass is 264 g/mol. The van der Waals surface area contributed by atoms with Gasteiger partial charge in [0.15, 0.2) is 0 Å². The van der Waals surface area contributed by atoms with Crippen molar-refractivity contribution in [3.05, 3.63) is 18.0 Å². The maximum absolute atomic E-state index is 4.45. The van der Waals surface area contributed by atoms with Gasteiger partial charge in [0.1, 0.15) is 0 Å². The highest BCUT2D eigenvalue weighted by molar-refractivity contribution is 5.18. The minimum absolute atomic E-state index is 0.231. The van der Waals surface area contributed by atoms with E-state index < -0.39 is 0 Å². The highest BCUT2D eigenvalue weighted by Gasteiger charge is 2.42. The number of aromatic nitrogens is 2. The fourth-order valence-electron chi connectivity index (χ4n) is 3.61. The van der Waals surface area contributed by atoms with Crippen molar-refractivity contribution in [1.29, 1.82) is 0 Å². The Balaban J connectivity index is 2.31. The molecule has 1 unspecified atom stereocenters. The van der Waals surface area contributed by atoms with Crippen LogP contribution >= 0.6 is 0 Å². The summed E-state index contributed by atoms with van der Waals surface area (Å²) in [6, 6.07) is 0.364. The molecule has 1 aromatic rings. The molecule has 1 aliphatic carbocycles. The van der Waals surface area contributed by atoms with Gasteiger partial charge in [0.2, 0.25) is 0 Å². The van der Waals surface area contributed by atoms with Crippen molar-refractivity contribution >= 4 is 0 Å². The smallest absolute Gasteiger partial charge is 0.0538 e. The molecular formula is C15H28N4. The van der Waals surface area contributed by atoms with Gasteiger partial charge in [-0.15, -0.1) is 0 Å². The molecule has 1 N–H and O–H groups in total. The Kier molecular flexibility index (Phi) is 4.63. The van der Waals surface area contributed by atoms with E-state index in [1.165, 1.54) is 37.7 Å². The Morgan fingerprint density at radius 1 is 1.37 bits per heavy atom. The largest absolute Gasteiger partial charge is 0.311 e. The zero-order valence-electron chi connectivity index (χ0n) is 12.8. The summed E-state index contributed by atoms with van der Waals surface area (Å²) in [5.41, 5.74) is 1.55. The zero-order valence-corrected chi connectivity index (χ0v) is 12.8. The van der Waals surface area contributed by atoms with Crippen LogP contribution in [-0.2, 0) is 6.54 Å². The van der Waals surface area contributed by atoms with E-state index in [1.807, 2.05) is 10.9 Å². The number of nitrogens with one attached hydrogen (secondary N) is 1. The van der Waals surface area contributed by atoms with E-state index in [0.717, 1.165) is 6.54 Å². The van der Waals surface area contributed by atoms with Crippen LogP contribution in [0.3, 0.4) is 0 Å². The Morgan fingerprint density at radius 2 is 2.05 bits per heavy atom. The first-order chi connectivity index (χ1) is 9.14. The Bertz CT molecular complexity index is 391. The van der Waals surface area contributed by atoms with Gasteiger partial charge in [0.05, 0.1) is 12.2 Å². The first kappa shape index (κ1) is 14.5. The molecule has 0 bridgehead atoms. The summed E-state index contributed by atoms with van der Waals surface area (Å²) in [7, 11) is 6.52. The first-order valence-corrected chi connectivity index (χ1v) is 7.51. The normalized spacial score (nSPS) is 20.7. The molecular weight excluding hydrogens is 236 g/mol. The van der Waals surface area contributed by atoms with Crippen molar-refractivity contribution in [2.75, 3.05) is 21.1 Å². The number of rotatable bonds is 5. The van der Waals surface area contributed by atoms with E-state index in [2.05, 4.69) is 49.6 Å². The average Bonchev–Trinajstić information content (AvgIpc) is 2.89. The molecule has 2 rings (SSSR count). The molecule has 0 spiro atoms. The molecule has 0 aliphatic heterocycles. The molecule has 4 heteroatoms. The fourth-order valence-corrected chi connectivity index (χ4v) is 3.61. The zero-order chi connectivity index (χ0) is 13.9. The van der Waals surface area contributed by atoms with E-state index >= 15 is 0 Å². The first-order valence-electron chi connectivity index (χ1n) is 7.51. The Hall–Kier alpha value is -0.870. The standard InChI is InChI=1S/C15H28N4/c1-5-19-12-13(11-17-19)14(16-2)15(18(3)4)9-7-6-8-10-15/h11-12,14,16H,5-10H2,1-4H3. The lowest BCUT2D eigenvalue weighted by Gasteiger charge is -2.48. The molecule has 4 nitrogen and oxygen atoms in total. The summed E-state index contributed by atoms with van der Waals surface area (Å²) in [5.74, 6) is 0. The second-order valence-electron chi connectivity index (χ2n) is 5.91. The molecule has 108 valence electrons. The van der Waals surface area contributed by atoms with E-state index in [0.29, 0.717) is 6.04 Å². The average molecular weight is 264 g/mol. The lowest BCUT2D eigenvalue weighted by atomic mass is 9.73. The summed E-state index contributed by atoms with van der Waals surface area (Å²) < 4.78 is 2.02. The number of nitrogens with zero attached hydrogens (tertiary/aromatic N) is 3. The van der Waals surface area contributed by atoms with E-state index in [1.54, 1.807) is 0 Å². The van der Waals surface area contributed by atoms with Gasteiger partial charge in [-0.3, -0.25) is 4.68 Å². The van der Waals surface area contributed by atoms with Gasteiger partial charge >= 0.3 is 0 Å². The van der Waals surface area contributed by atoms with Crippen molar-refractivity contribution < 1.29 is 0 Å². The second-order valence-corrected chi connectivity index (χ2v) is 5.91. The van der Waals surface area contributed by atoms with Crippen LogP contribution in [0.5, 0.6) is 0 Å². The van der Waals surface area contributed by atoms with Crippen LogP contribution in [0, 0.1) is 0 Å². The van der Waals surface area contributed by atoms with Crippen molar-refractivity contribution in [3.63, 3.8) is 0 Å². The third kappa shape index (κ3) is 2.70. The second kappa shape index (κ2) is 6.06. The number of hydrogen-bond acceptors (Lipinski definition) is 3. The number of aryl methyl sites for hydroxylation is 1. The topological polar surface area (TPSA) is 33.1 Å². The van der Waals surface area contributed by atoms with Gasteiger partial charge < -0.3 is 10.2 Å². The third-order valence-corrected chi connectivity index (χ3v) is 4.75. The Labute approximate surface area is 117 Å². The van der Waals surface area contributed by atoms with Crippen LogP contribution in [0.2, 0.25) is 0 Å². The van der Waals surface area contributed by atoms with E-state index in [4.69, 9.17) is 0 Å². The molecule has 1 atom stereocenters. The van der Waals surface area contributed by atoms with Gasteiger partial charge in [-0.05, 0) is 40.9 Å². The summed E-state index contributed by atoms with van der Waals surface area (Å²) in [5, 5.41) is 8.00. The fraction of sp³-hybridized carbons (Fsp3) is 0.800. The molecule has 1 aliphatic rings. The van der Waals surface area contributed by atoms with Crippen LogP contribution in [-0.4, -0.2) is 41.4 Å². The minimum atomic E-state index is 0.231. The summed E-state index contributed by atoms with van der Waals surface area (Å²) in [4.78, 5) is 2.43.